The monoisotopic (exact) mass is 415 g/mol. The van der Waals surface area contributed by atoms with Gasteiger partial charge < -0.3 is 13.8 Å². The number of amides is 1. The van der Waals surface area contributed by atoms with Gasteiger partial charge in [-0.1, -0.05) is 18.2 Å². The molecule has 2 aromatic carbocycles. The lowest BCUT2D eigenvalue weighted by atomic mass is 9.95. The van der Waals surface area contributed by atoms with E-state index in [0.717, 1.165) is 12.5 Å². The summed E-state index contributed by atoms with van der Waals surface area (Å²) in [6, 6.07) is 7.07. The lowest BCUT2D eigenvalue weighted by Gasteiger charge is -2.47. The number of alkyl halides is 3. The molecule has 2 atom stereocenters. The fourth-order valence-electron chi connectivity index (χ4n) is 3.67. The summed E-state index contributed by atoms with van der Waals surface area (Å²) in [6.07, 6.45) is 0.926. The zero-order valence-corrected chi connectivity index (χ0v) is 15.5. The molecule has 2 bridgehead atoms. The maximum atomic E-state index is 13.0. The van der Waals surface area contributed by atoms with Crippen molar-refractivity contribution < 1.29 is 35.3 Å². The third kappa shape index (κ3) is 3.10. The normalized spacial score (nSPS) is 22.1. The number of nitrogens with zero attached hydrogens (tertiary/aromatic N) is 1. The van der Waals surface area contributed by atoms with E-state index in [9.17, 15) is 26.4 Å². The Bertz CT molecular complexity index is 1050. The molecule has 0 N–H and O–H groups in total. The summed E-state index contributed by atoms with van der Waals surface area (Å²) in [6.45, 7) is 2.59. The smallest absolute Gasteiger partial charge is 0.375 e. The van der Waals surface area contributed by atoms with E-state index in [-0.39, 0.29) is 29.1 Å². The highest BCUT2D eigenvalue weighted by Crippen LogP contribution is 2.36. The van der Waals surface area contributed by atoms with Gasteiger partial charge in [0.25, 0.3) is 5.91 Å². The number of ether oxygens (including phenoxy) is 1. The molecule has 6 nitrogen and oxygen atoms in total. The number of piperidine rings is 1. The van der Waals surface area contributed by atoms with Crippen molar-refractivity contribution >= 4 is 26.8 Å². The number of fused-ring (bicyclic) bond motifs is 3. The number of hydrogen-bond donors (Lipinski definition) is 0. The number of hydrogen-bond acceptors (Lipinski definition) is 5. The van der Waals surface area contributed by atoms with Crippen molar-refractivity contribution in [1.82, 2.24) is 4.90 Å². The molecular formula is C18H16F3NO5S. The summed E-state index contributed by atoms with van der Waals surface area (Å²) in [4.78, 5) is 14.7. The number of carbonyl (C=O) groups is 1. The molecule has 0 aliphatic carbocycles. The van der Waals surface area contributed by atoms with Crippen LogP contribution < -0.4 is 4.18 Å². The van der Waals surface area contributed by atoms with E-state index in [4.69, 9.17) is 4.74 Å². The molecule has 28 heavy (non-hydrogen) atoms. The van der Waals surface area contributed by atoms with Crippen LogP contribution in [0, 0.1) is 6.92 Å². The number of carbonyl (C=O) groups excluding carboxylic acids is 1. The predicted molar refractivity (Wildman–Crippen MR) is 93.5 cm³/mol. The van der Waals surface area contributed by atoms with Crippen molar-refractivity contribution in [3.63, 3.8) is 0 Å². The molecule has 3 fully saturated rings. The van der Waals surface area contributed by atoms with E-state index < -0.39 is 21.4 Å². The molecule has 0 aromatic heterocycles. The van der Waals surface area contributed by atoms with Crippen LogP contribution in [0.5, 0.6) is 5.75 Å². The number of aryl methyl sites for hydroxylation is 1. The summed E-state index contributed by atoms with van der Waals surface area (Å²) in [5, 5.41) is 0.486. The fourth-order valence-corrected chi connectivity index (χ4v) is 4.15. The Morgan fingerprint density at radius 2 is 1.82 bits per heavy atom. The van der Waals surface area contributed by atoms with Gasteiger partial charge in [-0.15, -0.1) is 0 Å². The molecule has 10 heteroatoms. The maximum Gasteiger partial charge on any atom is 0.534 e. The lowest BCUT2D eigenvalue weighted by Crippen LogP contribution is -2.58. The molecule has 150 valence electrons. The van der Waals surface area contributed by atoms with E-state index in [2.05, 4.69) is 4.18 Å². The average molecular weight is 415 g/mol. The molecule has 3 aliphatic rings. The van der Waals surface area contributed by atoms with Crippen LogP contribution in [0.2, 0.25) is 0 Å². The Morgan fingerprint density at radius 1 is 1.18 bits per heavy atom. The first-order valence-electron chi connectivity index (χ1n) is 8.54. The third-order valence-corrected chi connectivity index (χ3v) is 5.93. The number of halogens is 3. The highest BCUT2D eigenvalue weighted by atomic mass is 32.2. The van der Waals surface area contributed by atoms with Gasteiger partial charge in [-0.3, -0.25) is 4.79 Å². The Balaban J connectivity index is 1.77. The van der Waals surface area contributed by atoms with Crippen molar-refractivity contribution in [3.05, 3.63) is 41.5 Å². The highest BCUT2D eigenvalue weighted by Gasteiger charge is 2.49. The minimum Gasteiger partial charge on any atom is -0.375 e. The summed E-state index contributed by atoms with van der Waals surface area (Å²) in [7, 11) is -5.82. The minimum atomic E-state index is -5.82. The minimum absolute atomic E-state index is 0.00889. The van der Waals surface area contributed by atoms with Crippen LogP contribution in [-0.4, -0.2) is 50.0 Å². The van der Waals surface area contributed by atoms with Gasteiger partial charge in [0.05, 0.1) is 12.2 Å². The van der Waals surface area contributed by atoms with Gasteiger partial charge in [-0.2, -0.15) is 21.6 Å². The molecule has 0 radical (unpaired) electrons. The second kappa shape index (κ2) is 6.35. The van der Waals surface area contributed by atoms with Crippen molar-refractivity contribution in [2.75, 3.05) is 13.1 Å². The van der Waals surface area contributed by atoms with Crippen molar-refractivity contribution in [3.8, 4) is 5.75 Å². The molecule has 2 unspecified atom stereocenters. The lowest BCUT2D eigenvalue weighted by molar-refractivity contribution is -0.171. The summed E-state index contributed by atoms with van der Waals surface area (Å²) in [5.74, 6) is -0.750. The Morgan fingerprint density at radius 3 is 2.43 bits per heavy atom. The van der Waals surface area contributed by atoms with E-state index in [1.54, 1.807) is 24.0 Å². The molecule has 3 aliphatic heterocycles. The van der Waals surface area contributed by atoms with Gasteiger partial charge in [0, 0.05) is 35.8 Å². The van der Waals surface area contributed by atoms with Crippen LogP contribution >= 0.6 is 0 Å². The van der Waals surface area contributed by atoms with E-state index in [0.29, 0.717) is 24.0 Å². The predicted octanol–water partition coefficient (Wildman–Crippen LogP) is 2.99. The first-order valence-corrected chi connectivity index (χ1v) is 9.95. The largest absolute Gasteiger partial charge is 0.534 e. The van der Waals surface area contributed by atoms with Crippen LogP contribution in [0.3, 0.4) is 0 Å². The standard InChI is InChI=1S/C18H16F3NO5S/c1-10-3-2-4-13-15(27-28(24,25)18(19,20)21)6-5-14(16(10)13)17(23)22-8-11-7-12(9-22)26-11/h2-6,11-12H,7-9H2,1H3. The first kappa shape index (κ1) is 19.0. The summed E-state index contributed by atoms with van der Waals surface area (Å²) < 4.78 is 70.8. The first-order chi connectivity index (χ1) is 13.1. The Kier molecular flexibility index (Phi) is 4.31. The van der Waals surface area contributed by atoms with Crippen LogP contribution in [-0.2, 0) is 14.9 Å². The average Bonchev–Trinajstić information content (AvgIpc) is 2.60. The van der Waals surface area contributed by atoms with Crippen LogP contribution in [0.25, 0.3) is 10.8 Å². The van der Waals surface area contributed by atoms with Gasteiger partial charge in [-0.05, 0) is 24.6 Å². The van der Waals surface area contributed by atoms with E-state index in [1.807, 2.05) is 0 Å². The Labute approximate surface area is 159 Å². The van der Waals surface area contributed by atoms with Crippen molar-refractivity contribution in [2.24, 2.45) is 0 Å². The van der Waals surface area contributed by atoms with Crippen molar-refractivity contribution in [2.45, 2.75) is 31.1 Å². The summed E-state index contributed by atoms with van der Waals surface area (Å²) in [5.41, 5.74) is -4.65. The molecule has 0 saturated carbocycles. The maximum absolute atomic E-state index is 13.0. The van der Waals surface area contributed by atoms with Gasteiger partial charge in [0.15, 0.2) is 5.75 Å². The fraction of sp³-hybridized carbons (Fsp3) is 0.389. The SMILES string of the molecule is Cc1cccc2c(OS(=O)(=O)C(F)(F)F)ccc(C(=O)N3CC4CC(C3)O4)c12. The van der Waals surface area contributed by atoms with Gasteiger partial charge in [0.1, 0.15) is 0 Å². The highest BCUT2D eigenvalue weighted by molar-refractivity contribution is 7.88. The van der Waals surface area contributed by atoms with Gasteiger partial charge in [-0.25, -0.2) is 0 Å². The van der Waals surface area contributed by atoms with Gasteiger partial charge in [0.2, 0.25) is 0 Å². The van der Waals surface area contributed by atoms with E-state index in [1.165, 1.54) is 12.1 Å². The topological polar surface area (TPSA) is 72.9 Å². The second-order valence-electron chi connectivity index (χ2n) is 6.92. The summed E-state index contributed by atoms with van der Waals surface area (Å²) >= 11 is 0. The van der Waals surface area contributed by atoms with E-state index >= 15 is 0 Å². The van der Waals surface area contributed by atoms with Crippen LogP contribution in [0.1, 0.15) is 22.3 Å². The molecule has 0 spiro atoms. The second-order valence-corrected chi connectivity index (χ2v) is 8.46. The number of benzene rings is 2. The molecule has 1 amide bonds. The Hall–Kier alpha value is -2.33. The molecular weight excluding hydrogens is 399 g/mol. The quantitative estimate of drug-likeness (QED) is 0.569. The molecule has 2 aromatic rings. The molecule has 5 rings (SSSR count). The third-order valence-electron chi connectivity index (χ3n) is 4.97. The zero-order valence-electron chi connectivity index (χ0n) is 14.7. The zero-order chi connectivity index (χ0) is 20.3. The molecule has 3 saturated heterocycles. The molecule has 3 heterocycles. The van der Waals surface area contributed by atoms with Crippen LogP contribution in [0.15, 0.2) is 30.3 Å². The van der Waals surface area contributed by atoms with Crippen LogP contribution in [0.4, 0.5) is 13.2 Å². The number of rotatable bonds is 3. The van der Waals surface area contributed by atoms with Crippen molar-refractivity contribution in [1.29, 1.82) is 0 Å². The van der Waals surface area contributed by atoms with Gasteiger partial charge >= 0.3 is 15.6 Å². The number of morpholine rings is 1.